The Labute approximate surface area is 125 Å². The van der Waals surface area contributed by atoms with Crippen molar-refractivity contribution in [3.63, 3.8) is 0 Å². The summed E-state index contributed by atoms with van der Waals surface area (Å²) in [7, 11) is 0. The van der Waals surface area contributed by atoms with Crippen molar-refractivity contribution in [2.75, 3.05) is 6.61 Å². The number of rotatable bonds is 6. The normalized spacial score (nSPS) is 15.5. The van der Waals surface area contributed by atoms with Gasteiger partial charge in [-0.3, -0.25) is 9.59 Å². The lowest BCUT2D eigenvalue weighted by Gasteiger charge is -2.22. The minimum Gasteiger partial charge on any atom is -0.484 e. The second-order valence-electron chi connectivity index (χ2n) is 5.49. The molecule has 4 heteroatoms. The average Bonchev–Trinajstić information content (AvgIpc) is 2.53. The first-order chi connectivity index (χ1) is 10.2. The predicted molar refractivity (Wildman–Crippen MR) is 81.6 cm³/mol. The standard InChI is InChI=1S/C17H23NO3/c1-2-16(19)13-8-10-15(11-9-13)21-12-17(20)18-14-6-4-3-5-7-14/h8-11,14H,2-7,12H2,1H3,(H,18,20). The second kappa shape index (κ2) is 7.81. The van der Waals surface area contributed by atoms with E-state index < -0.39 is 0 Å². The molecule has 1 aliphatic carbocycles. The largest absolute Gasteiger partial charge is 0.484 e. The molecule has 114 valence electrons. The van der Waals surface area contributed by atoms with Gasteiger partial charge < -0.3 is 10.1 Å². The minimum absolute atomic E-state index is 0.0254. The van der Waals surface area contributed by atoms with Crippen molar-refractivity contribution in [3.8, 4) is 5.75 Å². The number of nitrogens with one attached hydrogen (secondary N) is 1. The van der Waals surface area contributed by atoms with Crippen molar-refractivity contribution < 1.29 is 14.3 Å². The quantitative estimate of drug-likeness (QED) is 0.819. The Morgan fingerprint density at radius 1 is 1.14 bits per heavy atom. The molecule has 1 aromatic carbocycles. The number of carbonyl (C=O) groups is 2. The van der Waals surface area contributed by atoms with Gasteiger partial charge in [-0.1, -0.05) is 26.2 Å². The molecule has 21 heavy (non-hydrogen) atoms. The zero-order chi connectivity index (χ0) is 15.1. The van der Waals surface area contributed by atoms with Crippen LogP contribution in [0.25, 0.3) is 0 Å². The van der Waals surface area contributed by atoms with E-state index in [2.05, 4.69) is 5.32 Å². The third-order valence-electron chi connectivity index (χ3n) is 3.84. The number of benzene rings is 1. The van der Waals surface area contributed by atoms with Crippen LogP contribution in [0.15, 0.2) is 24.3 Å². The fraction of sp³-hybridized carbons (Fsp3) is 0.529. The Morgan fingerprint density at radius 2 is 1.81 bits per heavy atom. The van der Waals surface area contributed by atoms with E-state index in [0.717, 1.165) is 12.8 Å². The Bertz CT molecular complexity index is 475. The van der Waals surface area contributed by atoms with Crippen molar-refractivity contribution in [1.29, 1.82) is 0 Å². The van der Waals surface area contributed by atoms with Gasteiger partial charge in [0.2, 0.25) is 0 Å². The predicted octanol–water partition coefficient (Wildman–Crippen LogP) is 3.11. The smallest absolute Gasteiger partial charge is 0.258 e. The summed E-state index contributed by atoms with van der Waals surface area (Å²) in [5.41, 5.74) is 0.677. The molecule has 0 aliphatic heterocycles. The van der Waals surface area contributed by atoms with Gasteiger partial charge in [-0.05, 0) is 37.1 Å². The molecule has 1 aliphatic rings. The molecule has 1 aromatic rings. The minimum atomic E-state index is -0.0735. The molecule has 0 radical (unpaired) electrons. The Balaban J connectivity index is 1.76. The number of carbonyl (C=O) groups excluding carboxylic acids is 2. The summed E-state index contributed by atoms with van der Waals surface area (Å²) in [6, 6.07) is 7.24. The molecular formula is C17H23NO3. The fourth-order valence-electron chi connectivity index (χ4n) is 2.61. The van der Waals surface area contributed by atoms with Crippen LogP contribution in [-0.4, -0.2) is 24.3 Å². The Hall–Kier alpha value is -1.84. The van der Waals surface area contributed by atoms with Crippen LogP contribution in [-0.2, 0) is 4.79 Å². The highest BCUT2D eigenvalue weighted by atomic mass is 16.5. The zero-order valence-corrected chi connectivity index (χ0v) is 12.6. The van der Waals surface area contributed by atoms with E-state index in [4.69, 9.17) is 4.74 Å². The zero-order valence-electron chi connectivity index (χ0n) is 12.6. The maximum atomic E-state index is 11.8. The molecule has 1 saturated carbocycles. The molecule has 4 nitrogen and oxygen atoms in total. The molecule has 0 bridgehead atoms. The molecule has 1 N–H and O–H groups in total. The summed E-state index contributed by atoms with van der Waals surface area (Å²) in [5.74, 6) is 0.647. The van der Waals surface area contributed by atoms with Crippen molar-refractivity contribution >= 4 is 11.7 Å². The van der Waals surface area contributed by atoms with Crippen molar-refractivity contribution in [1.82, 2.24) is 5.32 Å². The Morgan fingerprint density at radius 3 is 2.43 bits per heavy atom. The van der Waals surface area contributed by atoms with E-state index in [-0.39, 0.29) is 18.3 Å². The van der Waals surface area contributed by atoms with Gasteiger partial charge in [0.25, 0.3) is 5.91 Å². The molecular weight excluding hydrogens is 266 g/mol. The maximum absolute atomic E-state index is 11.8. The van der Waals surface area contributed by atoms with Crippen molar-refractivity contribution in [2.24, 2.45) is 0 Å². The summed E-state index contributed by atoms with van der Waals surface area (Å²) in [6.45, 7) is 1.86. The van der Waals surface area contributed by atoms with Gasteiger partial charge in [0.05, 0.1) is 0 Å². The first-order valence-electron chi connectivity index (χ1n) is 7.74. The summed E-state index contributed by atoms with van der Waals surface area (Å²) in [6.07, 6.45) is 6.28. The maximum Gasteiger partial charge on any atom is 0.258 e. The number of ether oxygens (including phenoxy) is 1. The highest BCUT2D eigenvalue weighted by Gasteiger charge is 2.15. The van der Waals surface area contributed by atoms with Crippen LogP contribution < -0.4 is 10.1 Å². The first kappa shape index (κ1) is 15.5. The highest BCUT2D eigenvalue weighted by molar-refractivity contribution is 5.95. The Kier molecular flexibility index (Phi) is 5.78. The second-order valence-corrected chi connectivity index (χ2v) is 5.49. The van der Waals surface area contributed by atoms with Gasteiger partial charge in [-0.2, -0.15) is 0 Å². The van der Waals surface area contributed by atoms with Crippen LogP contribution in [0.4, 0.5) is 0 Å². The molecule has 0 heterocycles. The summed E-state index contributed by atoms with van der Waals surface area (Å²) in [4.78, 5) is 23.3. The van der Waals surface area contributed by atoms with Gasteiger partial charge in [0, 0.05) is 18.0 Å². The molecule has 0 spiro atoms. The van der Waals surface area contributed by atoms with Crippen LogP contribution in [0.5, 0.6) is 5.75 Å². The number of amides is 1. The molecule has 0 saturated heterocycles. The van der Waals surface area contributed by atoms with Crippen molar-refractivity contribution in [2.45, 2.75) is 51.5 Å². The number of hydrogen-bond donors (Lipinski definition) is 1. The van der Waals surface area contributed by atoms with Crippen LogP contribution >= 0.6 is 0 Å². The number of ketones is 1. The van der Waals surface area contributed by atoms with Gasteiger partial charge in [0.1, 0.15) is 5.75 Å². The molecule has 1 amide bonds. The topological polar surface area (TPSA) is 55.4 Å². The van der Waals surface area contributed by atoms with E-state index in [0.29, 0.717) is 23.8 Å². The van der Waals surface area contributed by atoms with Crippen LogP contribution in [0.2, 0.25) is 0 Å². The lowest BCUT2D eigenvalue weighted by molar-refractivity contribution is -0.124. The molecule has 1 fully saturated rings. The average molecular weight is 289 g/mol. The molecule has 2 rings (SSSR count). The summed E-state index contributed by atoms with van der Waals surface area (Å²) in [5, 5.41) is 3.01. The SMILES string of the molecule is CCC(=O)c1ccc(OCC(=O)NC2CCCCC2)cc1. The number of hydrogen-bond acceptors (Lipinski definition) is 3. The molecule has 0 aromatic heterocycles. The third-order valence-corrected chi connectivity index (χ3v) is 3.84. The van der Waals surface area contributed by atoms with E-state index in [1.165, 1.54) is 19.3 Å². The summed E-state index contributed by atoms with van der Waals surface area (Å²) < 4.78 is 5.45. The van der Waals surface area contributed by atoms with Gasteiger partial charge in [-0.25, -0.2) is 0 Å². The van der Waals surface area contributed by atoms with Gasteiger partial charge >= 0.3 is 0 Å². The van der Waals surface area contributed by atoms with E-state index in [9.17, 15) is 9.59 Å². The van der Waals surface area contributed by atoms with E-state index >= 15 is 0 Å². The monoisotopic (exact) mass is 289 g/mol. The van der Waals surface area contributed by atoms with Crippen LogP contribution in [0.1, 0.15) is 55.8 Å². The van der Waals surface area contributed by atoms with E-state index in [1.807, 2.05) is 6.92 Å². The van der Waals surface area contributed by atoms with Crippen LogP contribution in [0.3, 0.4) is 0 Å². The first-order valence-corrected chi connectivity index (χ1v) is 7.74. The highest BCUT2D eigenvalue weighted by Crippen LogP contribution is 2.17. The van der Waals surface area contributed by atoms with Crippen molar-refractivity contribution in [3.05, 3.63) is 29.8 Å². The van der Waals surface area contributed by atoms with Gasteiger partial charge in [0.15, 0.2) is 12.4 Å². The van der Waals surface area contributed by atoms with Crippen LogP contribution in [0, 0.1) is 0 Å². The summed E-state index contributed by atoms with van der Waals surface area (Å²) >= 11 is 0. The lowest BCUT2D eigenvalue weighted by Crippen LogP contribution is -2.38. The number of Topliss-reactive ketones (excluding diaryl/α,β-unsaturated/α-hetero) is 1. The van der Waals surface area contributed by atoms with E-state index in [1.54, 1.807) is 24.3 Å². The molecule has 0 unspecified atom stereocenters. The lowest BCUT2D eigenvalue weighted by atomic mass is 9.95. The fourth-order valence-corrected chi connectivity index (χ4v) is 2.61. The third kappa shape index (κ3) is 4.88. The molecule has 0 atom stereocenters. The van der Waals surface area contributed by atoms with Gasteiger partial charge in [-0.15, -0.1) is 0 Å².